The molecule has 0 unspecified atom stereocenters. The lowest BCUT2D eigenvalue weighted by Crippen LogP contribution is -2.48. The molecule has 13 nitrogen and oxygen atoms in total. The van der Waals surface area contributed by atoms with Gasteiger partial charge in [0.15, 0.2) is 5.13 Å². The van der Waals surface area contributed by atoms with Gasteiger partial charge in [0.05, 0.1) is 19.4 Å². The van der Waals surface area contributed by atoms with Gasteiger partial charge < -0.3 is 29.7 Å². The summed E-state index contributed by atoms with van der Waals surface area (Å²) in [4.78, 5) is 38.6. The van der Waals surface area contributed by atoms with Gasteiger partial charge in [-0.3, -0.25) is 4.79 Å². The van der Waals surface area contributed by atoms with Crippen LogP contribution in [0.5, 0.6) is 5.75 Å². The van der Waals surface area contributed by atoms with Crippen molar-refractivity contribution in [1.82, 2.24) is 14.9 Å². The number of anilines is 3. The van der Waals surface area contributed by atoms with Crippen LogP contribution in [0.3, 0.4) is 0 Å². The van der Waals surface area contributed by atoms with Gasteiger partial charge in [0.1, 0.15) is 35.3 Å². The number of pyridine rings is 1. The summed E-state index contributed by atoms with van der Waals surface area (Å²) in [5.41, 5.74) is 6.74. The smallest absolute Gasteiger partial charge is 0.329 e. The molecule has 0 radical (unpaired) electrons. The number of hydrogen-bond donors (Lipinski definition) is 2. The van der Waals surface area contributed by atoms with Gasteiger partial charge in [-0.15, -0.1) is 0 Å². The van der Waals surface area contributed by atoms with E-state index in [1.165, 1.54) is 11.1 Å². The molecule has 1 aliphatic heterocycles. The Morgan fingerprint density at radius 2 is 2.05 bits per heavy atom. The van der Waals surface area contributed by atoms with E-state index in [-0.39, 0.29) is 32.6 Å². The van der Waals surface area contributed by atoms with Crippen molar-refractivity contribution in [2.45, 2.75) is 31.8 Å². The van der Waals surface area contributed by atoms with Gasteiger partial charge in [-0.1, -0.05) is 11.3 Å². The van der Waals surface area contributed by atoms with E-state index in [4.69, 9.17) is 19.9 Å². The topological polar surface area (TPSA) is 157 Å². The molecule has 222 valence electrons. The third-order valence-corrected chi connectivity index (χ3v) is 8.79. The summed E-state index contributed by atoms with van der Waals surface area (Å²) < 4.78 is 42.3. The second-order valence-corrected chi connectivity index (χ2v) is 11.4. The molecule has 0 saturated carbocycles. The van der Waals surface area contributed by atoms with Crippen LogP contribution in [-0.2, 0) is 36.4 Å². The molecule has 0 bridgehead atoms. The van der Waals surface area contributed by atoms with Crippen molar-refractivity contribution < 1.29 is 32.2 Å². The number of thiol groups is 1. The molecule has 1 saturated heterocycles. The number of rotatable bonds is 13. The molecule has 1 aromatic carbocycles. The molecule has 15 heteroatoms. The molecule has 1 amide bonds. The number of amides is 1. The number of thiazole rings is 1. The predicted octanol–water partition coefficient (Wildman–Crippen LogP) is 1.47. The van der Waals surface area contributed by atoms with E-state index in [0.29, 0.717) is 39.3 Å². The van der Waals surface area contributed by atoms with Gasteiger partial charge in [0.2, 0.25) is 16.8 Å². The number of fused-ring (bicyclic) bond motifs is 1. The predicted molar refractivity (Wildman–Crippen MR) is 157 cm³/mol. The number of hydrogen-bond acceptors (Lipinski definition) is 12. The Kier molecular flexibility index (Phi) is 9.83. The van der Waals surface area contributed by atoms with Gasteiger partial charge in [-0.2, -0.15) is 0 Å². The number of ether oxygens (including phenoxy) is 3. The van der Waals surface area contributed by atoms with Crippen LogP contribution in [0.25, 0.3) is 10.8 Å². The first-order valence-corrected chi connectivity index (χ1v) is 14.9. The van der Waals surface area contributed by atoms with Crippen LogP contribution < -0.4 is 19.7 Å². The van der Waals surface area contributed by atoms with Crippen LogP contribution in [-0.4, -0.2) is 94.8 Å². The summed E-state index contributed by atoms with van der Waals surface area (Å²) in [5.74, 6) is -0.281. The monoisotopic (exact) mass is 606 g/mol. The van der Waals surface area contributed by atoms with Crippen molar-refractivity contribution >= 4 is 60.8 Å². The maximum Gasteiger partial charge on any atom is 0.329 e. The Labute approximate surface area is 243 Å². The summed E-state index contributed by atoms with van der Waals surface area (Å²) >= 11 is 1.16. The second-order valence-electron chi connectivity index (χ2n) is 9.48. The molecular weight excluding hydrogens is 572 g/mol. The van der Waals surface area contributed by atoms with E-state index < -0.39 is 34.9 Å². The maximum absolute atomic E-state index is 13.8. The molecule has 4 rings (SSSR count). The SMILES string of the molecule is CCOC(=O)[C@@H](Cc1cc2ccnc(N)c2cc1OCCOC)N1CC[C@H](N(c2cnc(N(C)C)s2)[SH](=O)=O)C1=O. The van der Waals surface area contributed by atoms with Crippen LogP contribution in [0.15, 0.2) is 30.6 Å². The standard InChI is InChI=1S/C26H34N6O7S2/c1-5-38-25(34)20(13-17-12-16-6-8-28-23(27)18(16)14-21(17)39-11-10-37-4)31-9-7-19(24(31)33)32(41(35)36)22-15-29-26(40-22)30(2)3/h6,8,12,14-15,19-20,41H,5,7,9-11,13H2,1-4H3,(H2,27,28)/t19-,20+/m0/s1. The minimum Gasteiger partial charge on any atom is -0.491 e. The molecular formula is C26H34N6O7S2. The zero-order chi connectivity index (χ0) is 29.7. The van der Waals surface area contributed by atoms with E-state index >= 15 is 0 Å². The summed E-state index contributed by atoms with van der Waals surface area (Å²) in [5, 5.41) is 2.40. The van der Waals surface area contributed by atoms with Crippen molar-refractivity contribution in [2.24, 2.45) is 0 Å². The highest BCUT2D eigenvalue weighted by atomic mass is 32.2. The zero-order valence-corrected chi connectivity index (χ0v) is 25.0. The summed E-state index contributed by atoms with van der Waals surface area (Å²) in [6.07, 6.45) is 3.30. The fraction of sp³-hybridized carbons (Fsp3) is 0.462. The first-order chi connectivity index (χ1) is 19.7. The number of nitrogens with zero attached hydrogens (tertiary/aromatic N) is 5. The molecule has 2 aromatic heterocycles. The maximum atomic E-state index is 13.8. The average molecular weight is 607 g/mol. The molecule has 0 spiro atoms. The van der Waals surface area contributed by atoms with Crippen LogP contribution in [0, 0.1) is 0 Å². The number of benzene rings is 1. The molecule has 3 aromatic rings. The normalized spacial score (nSPS) is 15.9. The number of nitrogen functional groups attached to an aromatic ring is 1. The Balaban J connectivity index is 1.68. The van der Waals surface area contributed by atoms with Crippen molar-refractivity contribution in [3.8, 4) is 5.75 Å². The lowest BCUT2D eigenvalue weighted by molar-refractivity contribution is -0.153. The zero-order valence-electron chi connectivity index (χ0n) is 23.3. The third-order valence-electron chi connectivity index (χ3n) is 6.64. The molecule has 0 aliphatic carbocycles. The van der Waals surface area contributed by atoms with Crippen molar-refractivity contribution in [2.75, 3.05) is 62.5 Å². The second kappa shape index (κ2) is 13.3. The highest BCUT2D eigenvalue weighted by Gasteiger charge is 2.44. The van der Waals surface area contributed by atoms with Gasteiger partial charge >= 0.3 is 5.97 Å². The fourth-order valence-corrected chi connectivity index (χ4v) is 6.49. The van der Waals surface area contributed by atoms with Crippen LogP contribution in [0.2, 0.25) is 0 Å². The number of nitrogens with two attached hydrogens (primary N) is 1. The van der Waals surface area contributed by atoms with E-state index in [2.05, 4.69) is 9.97 Å². The van der Waals surface area contributed by atoms with Gasteiger partial charge in [-0.05, 0) is 42.5 Å². The Hall–Kier alpha value is -3.69. The summed E-state index contributed by atoms with van der Waals surface area (Å²) in [7, 11) is 1.99. The molecule has 41 heavy (non-hydrogen) atoms. The number of likely N-dealkylation sites (tertiary alicyclic amines) is 1. The van der Waals surface area contributed by atoms with E-state index in [1.54, 1.807) is 51.4 Å². The number of carbonyl (C=O) groups is 2. The van der Waals surface area contributed by atoms with Crippen molar-refractivity contribution in [3.05, 3.63) is 36.2 Å². The van der Waals surface area contributed by atoms with Crippen molar-refractivity contribution in [1.29, 1.82) is 0 Å². The van der Waals surface area contributed by atoms with E-state index in [9.17, 15) is 18.0 Å². The number of esters is 1. The highest BCUT2D eigenvalue weighted by molar-refractivity contribution is 7.74. The van der Waals surface area contributed by atoms with Crippen LogP contribution >= 0.6 is 11.3 Å². The Morgan fingerprint density at radius 1 is 1.27 bits per heavy atom. The fourth-order valence-electron chi connectivity index (χ4n) is 4.71. The number of carbonyl (C=O) groups excluding carboxylic acids is 2. The third kappa shape index (κ3) is 6.63. The van der Waals surface area contributed by atoms with Gasteiger partial charge in [-0.25, -0.2) is 27.5 Å². The molecule has 2 N–H and O–H groups in total. The first kappa shape index (κ1) is 30.3. The Bertz CT molecular complexity index is 1470. The summed E-state index contributed by atoms with van der Waals surface area (Å²) in [6.45, 7) is 2.55. The van der Waals surface area contributed by atoms with Gasteiger partial charge in [0.25, 0.3) is 0 Å². The lowest BCUT2D eigenvalue weighted by atomic mass is 10.00. The Morgan fingerprint density at radius 3 is 2.71 bits per heavy atom. The average Bonchev–Trinajstić information content (AvgIpc) is 3.56. The number of methoxy groups -OCH3 is 1. The molecule has 3 heterocycles. The molecule has 1 fully saturated rings. The van der Waals surface area contributed by atoms with Crippen LogP contribution in [0.4, 0.5) is 16.0 Å². The number of aromatic nitrogens is 2. The lowest BCUT2D eigenvalue weighted by Gasteiger charge is -2.28. The quantitative estimate of drug-likeness (QED) is 0.165. The first-order valence-electron chi connectivity index (χ1n) is 13.0. The minimum atomic E-state index is -3.16. The van der Waals surface area contributed by atoms with E-state index in [0.717, 1.165) is 21.0 Å². The van der Waals surface area contributed by atoms with E-state index in [1.807, 2.05) is 6.07 Å². The minimum absolute atomic E-state index is 0.0760. The summed E-state index contributed by atoms with van der Waals surface area (Å²) in [6, 6.07) is 3.38. The van der Waals surface area contributed by atoms with Crippen LogP contribution in [0.1, 0.15) is 18.9 Å². The van der Waals surface area contributed by atoms with Crippen molar-refractivity contribution in [3.63, 3.8) is 0 Å². The molecule has 1 aliphatic rings. The van der Waals surface area contributed by atoms with Gasteiger partial charge in [0, 0.05) is 45.8 Å². The highest BCUT2D eigenvalue weighted by Crippen LogP contribution is 2.35. The largest absolute Gasteiger partial charge is 0.491 e. The molecule has 2 atom stereocenters.